The van der Waals surface area contributed by atoms with Crippen LogP contribution in [0.15, 0.2) is 42.5 Å². The van der Waals surface area contributed by atoms with Crippen molar-refractivity contribution in [1.82, 2.24) is 9.97 Å². The SMILES string of the molecule is O=C(O)c1ccc2nc(-c3ccccc3C(F)(F)F)[nH]c2c1. The number of carboxylic acids is 1. The number of nitrogens with one attached hydrogen (secondary N) is 1. The zero-order valence-corrected chi connectivity index (χ0v) is 11.0. The molecular weight excluding hydrogens is 297 g/mol. The van der Waals surface area contributed by atoms with Gasteiger partial charge >= 0.3 is 12.1 Å². The fourth-order valence-electron chi connectivity index (χ4n) is 2.21. The van der Waals surface area contributed by atoms with Gasteiger partial charge in [-0.1, -0.05) is 18.2 Å². The van der Waals surface area contributed by atoms with Crippen LogP contribution >= 0.6 is 0 Å². The number of carboxylic acid groups (broad SMARTS) is 1. The van der Waals surface area contributed by atoms with Crippen LogP contribution in [-0.2, 0) is 6.18 Å². The highest BCUT2D eigenvalue weighted by atomic mass is 19.4. The van der Waals surface area contributed by atoms with Gasteiger partial charge in [0.05, 0.1) is 22.2 Å². The van der Waals surface area contributed by atoms with Gasteiger partial charge in [-0.05, 0) is 24.3 Å². The van der Waals surface area contributed by atoms with Crippen LogP contribution in [0.1, 0.15) is 15.9 Å². The molecule has 0 aliphatic rings. The molecule has 1 aromatic heterocycles. The summed E-state index contributed by atoms with van der Waals surface area (Å²) in [4.78, 5) is 17.8. The van der Waals surface area contributed by atoms with E-state index in [0.717, 1.165) is 6.07 Å². The number of alkyl halides is 3. The Morgan fingerprint density at radius 1 is 1.14 bits per heavy atom. The summed E-state index contributed by atoms with van der Waals surface area (Å²) in [5, 5.41) is 8.94. The molecule has 0 radical (unpaired) electrons. The number of H-pyrrole nitrogens is 1. The van der Waals surface area contributed by atoms with Crippen molar-refractivity contribution in [3.8, 4) is 11.4 Å². The maximum absolute atomic E-state index is 13.0. The summed E-state index contributed by atoms with van der Waals surface area (Å²) >= 11 is 0. The first-order valence-corrected chi connectivity index (χ1v) is 6.26. The van der Waals surface area contributed by atoms with Gasteiger partial charge in [0.25, 0.3) is 0 Å². The Hall–Kier alpha value is -2.83. The van der Waals surface area contributed by atoms with E-state index in [1.807, 2.05) is 0 Å². The molecule has 0 bridgehead atoms. The highest BCUT2D eigenvalue weighted by Gasteiger charge is 2.34. The number of imidazole rings is 1. The monoisotopic (exact) mass is 306 g/mol. The van der Waals surface area contributed by atoms with Gasteiger partial charge in [-0.2, -0.15) is 13.2 Å². The molecule has 0 fully saturated rings. The van der Waals surface area contributed by atoms with Crippen LogP contribution in [0.5, 0.6) is 0 Å². The smallest absolute Gasteiger partial charge is 0.417 e. The molecule has 1 heterocycles. The number of hydrogen-bond acceptors (Lipinski definition) is 2. The molecule has 0 spiro atoms. The number of aromatic carboxylic acids is 1. The van der Waals surface area contributed by atoms with Crippen LogP contribution in [0.25, 0.3) is 22.4 Å². The molecule has 2 N–H and O–H groups in total. The van der Waals surface area contributed by atoms with Crippen molar-refractivity contribution in [3.63, 3.8) is 0 Å². The normalized spacial score (nSPS) is 11.8. The molecule has 4 nitrogen and oxygen atoms in total. The molecule has 0 atom stereocenters. The summed E-state index contributed by atoms with van der Waals surface area (Å²) in [7, 11) is 0. The second-order valence-electron chi connectivity index (χ2n) is 4.67. The number of aromatic amines is 1. The second kappa shape index (κ2) is 4.87. The van der Waals surface area contributed by atoms with E-state index in [1.165, 1.54) is 36.4 Å². The van der Waals surface area contributed by atoms with Gasteiger partial charge in [-0.15, -0.1) is 0 Å². The van der Waals surface area contributed by atoms with Crippen molar-refractivity contribution in [1.29, 1.82) is 0 Å². The van der Waals surface area contributed by atoms with Crippen LogP contribution in [0.3, 0.4) is 0 Å². The fraction of sp³-hybridized carbons (Fsp3) is 0.0667. The van der Waals surface area contributed by atoms with E-state index in [1.54, 1.807) is 0 Å². The largest absolute Gasteiger partial charge is 0.478 e. The zero-order valence-electron chi connectivity index (χ0n) is 11.0. The minimum atomic E-state index is -4.50. The Labute approximate surface area is 122 Å². The molecule has 7 heteroatoms. The third kappa shape index (κ3) is 2.41. The van der Waals surface area contributed by atoms with Gasteiger partial charge in [0.15, 0.2) is 0 Å². The molecule has 0 aliphatic carbocycles. The Balaban J connectivity index is 2.18. The number of fused-ring (bicyclic) bond motifs is 1. The van der Waals surface area contributed by atoms with Crippen LogP contribution in [0.2, 0.25) is 0 Å². The summed E-state index contributed by atoms with van der Waals surface area (Å²) in [6.45, 7) is 0. The molecule has 0 aliphatic heterocycles. The summed E-state index contributed by atoms with van der Waals surface area (Å²) < 4.78 is 39.1. The number of nitrogens with zero attached hydrogens (tertiary/aromatic N) is 1. The van der Waals surface area contributed by atoms with Crippen molar-refractivity contribution in [3.05, 3.63) is 53.6 Å². The number of benzene rings is 2. The van der Waals surface area contributed by atoms with Gasteiger partial charge in [-0.3, -0.25) is 0 Å². The third-order valence-corrected chi connectivity index (χ3v) is 3.22. The summed E-state index contributed by atoms with van der Waals surface area (Å²) in [6, 6.07) is 9.23. The summed E-state index contributed by atoms with van der Waals surface area (Å²) in [6.07, 6.45) is -4.50. The first-order valence-electron chi connectivity index (χ1n) is 6.26. The number of carbonyl (C=O) groups is 1. The van der Waals surface area contributed by atoms with Gasteiger partial charge in [0.2, 0.25) is 0 Å². The third-order valence-electron chi connectivity index (χ3n) is 3.22. The maximum Gasteiger partial charge on any atom is 0.417 e. The fourth-order valence-corrected chi connectivity index (χ4v) is 2.21. The number of rotatable bonds is 2. The molecule has 2 aromatic carbocycles. The summed E-state index contributed by atoms with van der Waals surface area (Å²) in [5.74, 6) is -1.07. The van der Waals surface area contributed by atoms with Crippen molar-refractivity contribution in [2.45, 2.75) is 6.18 Å². The highest BCUT2D eigenvalue weighted by Crippen LogP contribution is 2.36. The molecule has 22 heavy (non-hydrogen) atoms. The van der Waals surface area contributed by atoms with E-state index < -0.39 is 17.7 Å². The van der Waals surface area contributed by atoms with Crippen molar-refractivity contribution >= 4 is 17.0 Å². The van der Waals surface area contributed by atoms with Crippen LogP contribution in [0, 0.1) is 0 Å². The van der Waals surface area contributed by atoms with Gasteiger partial charge in [0, 0.05) is 5.56 Å². The van der Waals surface area contributed by atoms with Gasteiger partial charge < -0.3 is 10.1 Å². The standard InChI is InChI=1S/C15H9F3N2O2/c16-15(17,18)10-4-2-1-3-9(10)13-19-11-6-5-8(14(21)22)7-12(11)20-13/h1-7H,(H,19,20)(H,21,22). The molecule has 0 amide bonds. The predicted octanol–water partition coefficient (Wildman–Crippen LogP) is 3.95. The number of hydrogen-bond donors (Lipinski definition) is 2. The number of aromatic nitrogens is 2. The van der Waals surface area contributed by atoms with Gasteiger partial charge in [-0.25, -0.2) is 9.78 Å². The molecule has 3 aromatic rings. The van der Waals surface area contributed by atoms with Crippen molar-refractivity contribution in [2.75, 3.05) is 0 Å². The highest BCUT2D eigenvalue weighted by molar-refractivity contribution is 5.93. The topological polar surface area (TPSA) is 66.0 Å². The minimum absolute atomic E-state index is 0.0341. The number of halogens is 3. The second-order valence-corrected chi connectivity index (χ2v) is 4.67. The maximum atomic E-state index is 13.0. The lowest BCUT2D eigenvalue weighted by molar-refractivity contribution is -0.137. The minimum Gasteiger partial charge on any atom is -0.478 e. The van der Waals surface area contributed by atoms with Crippen molar-refractivity contribution in [2.24, 2.45) is 0 Å². The van der Waals surface area contributed by atoms with E-state index in [9.17, 15) is 18.0 Å². The molecule has 112 valence electrons. The first-order chi connectivity index (χ1) is 10.4. The average Bonchev–Trinajstić information content (AvgIpc) is 2.89. The molecule has 3 rings (SSSR count). The van der Waals surface area contributed by atoms with E-state index in [0.29, 0.717) is 11.0 Å². The van der Waals surface area contributed by atoms with Crippen LogP contribution in [-0.4, -0.2) is 21.0 Å². The van der Waals surface area contributed by atoms with E-state index in [2.05, 4.69) is 9.97 Å². The lowest BCUT2D eigenvalue weighted by atomic mass is 10.1. The van der Waals surface area contributed by atoms with E-state index in [-0.39, 0.29) is 17.0 Å². The van der Waals surface area contributed by atoms with Crippen LogP contribution < -0.4 is 0 Å². The van der Waals surface area contributed by atoms with Gasteiger partial charge in [0.1, 0.15) is 5.82 Å². The zero-order chi connectivity index (χ0) is 15.9. The van der Waals surface area contributed by atoms with E-state index in [4.69, 9.17) is 5.11 Å². The Morgan fingerprint density at radius 2 is 1.86 bits per heavy atom. The predicted molar refractivity (Wildman–Crippen MR) is 73.5 cm³/mol. The lowest BCUT2D eigenvalue weighted by Gasteiger charge is -2.10. The average molecular weight is 306 g/mol. The Kier molecular flexibility index (Phi) is 3.13. The molecule has 0 unspecified atom stereocenters. The molecule has 0 saturated carbocycles. The first kappa shape index (κ1) is 14.1. The van der Waals surface area contributed by atoms with Crippen molar-refractivity contribution < 1.29 is 23.1 Å². The molecule has 0 saturated heterocycles. The van der Waals surface area contributed by atoms with E-state index >= 15 is 0 Å². The lowest BCUT2D eigenvalue weighted by Crippen LogP contribution is -2.07. The molecular formula is C15H9F3N2O2. The van der Waals surface area contributed by atoms with Crippen LogP contribution in [0.4, 0.5) is 13.2 Å². The Morgan fingerprint density at radius 3 is 2.55 bits per heavy atom. The summed E-state index contributed by atoms with van der Waals surface area (Å²) in [5.41, 5.74) is -0.0775. The Bertz CT molecular complexity index is 869. The quantitative estimate of drug-likeness (QED) is 0.753.